The molecule has 1 aliphatic heterocycles. The molecular formula is C26H27Cl3N8O5. The van der Waals surface area contributed by atoms with Gasteiger partial charge in [-0.15, -0.1) is 10.2 Å². The number of carbonyl (C=O) groups excluding carboxylic acids is 2. The second kappa shape index (κ2) is 13.9. The molecule has 16 heteroatoms. The van der Waals surface area contributed by atoms with E-state index in [2.05, 4.69) is 36.0 Å². The quantitative estimate of drug-likeness (QED) is 0.232. The second-order valence-corrected chi connectivity index (χ2v) is 9.96. The Morgan fingerprint density at radius 2 is 1.93 bits per heavy atom. The normalized spacial score (nSPS) is 15.7. The molecule has 13 nitrogen and oxygen atoms in total. The molecule has 222 valence electrons. The molecule has 0 amide bonds. The van der Waals surface area contributed by atoms with Crippen molar-refractivity contribution in [3.8, 4) is 0 Å². The van der Waals surface area contributed by atoms with Crippen LogP contribution in [0.15, 0.2) is 53.1 Å². The summed E-state index contributed by atoms with van der Waals surface area (Å²) < 4.78 is 16.3. The van der Waals surface area contributed by atoms with Crippen LogP contribution in [0.3, 0.4) is 0 Å². The average molecular weight is 638 g/mol. The highest BCUT2D eigenvalue weighted by Gasteiger charge is 2.43. The predicted molar refractivity (Wildman–Crippen MR) is 154 cm³/mol. The Balaban J connectivity index is 1.76. The fraction of sp³-hybridized carbons (Fsp3) is 0.346. The van der Waals surface area contributed by atoms with E-state index in [1.165, 1.54) is 25.3 Å². The molecule has 4 rings (SSSR count). The second-order valence-electron chi connectivity index (χ2n) is 8.79. The fourth-order valence-corrected chi connectivity index (χ4v) is 5.02. The van der Waals surface area contributed by atoms with E-state index >= 15 is 0 Å². The molecule has 0 saturated heterocycles. The maximum Gasteiger partial charge on any atom is 0.336 e. The molecule has 0 bridgehead atoms. The Morgan fingerprint density at radius 3 is 2.62 bits per heavy atom. The third-order valence-electron chi connectivity index (χ3n) is 6.24. The number of ether oxygens (including phenoxy) is 3. The molecule has 3 heterocycles. The van der Waals surface area contributed by atoms with E-state index in [4.69, 9.17) is 49.0 Å². The number of carbonyl (C=O) groups is 2. The van der Waals surface area contributed by atoms with E-state index in [-0.39, 0.29) is 39.3 Å². The minimum atomic E-state index is -1.02. The number of nitrogens with zero attached hydrogens (tertiary/aromatic N) is 6. The lowest BCUT2D eigenvalue weighted by atomic mass is 9.79. The Morgan fingerprint density at radius 1 is 1.14 bits per heavy atom. The van der Waals surface area contributed by atoms with E-state index in [9.17, 15) is 9.59 Å². The van der Waals surface area contributed by atoms with Gasteiger partial charge in [0.15, 0.2) is 6.10 Å². The van der Waals surface area contributed by atoms with Gasteiger partial charge in [-0.2, -0.15) is 4.80 Å². The molecular weight excluding hydrogens is 611 g/mol. The molecule has 2 aromatic heterocycles. The molecule has 0 radical (unpaired) electrons. The zero-order valence-corrected chi connectivity index (χ0v) is 25.3. The van der Waals surface area contributed by atoms with Crippen molar-refractivity contribution in [2.75, 3.05) is 32.7 Å². The standard InChI is InChI=1S/C26H27Cl3N8O5/c1-5-42-26(39)20-19(14-7-6-8-15(27)21(14)29)18(25(38)41-4)13(2)33-22(20)23(40-3)24-34-36-37(35-24)10-9-30-17-11-16(28)31-12-32-17/h6-8,11-12,19,23,33H,5,9-10H2,1-4H3,(H,30,31,32). The summed E-state index contributed by atoms with van der Waals surface area (Å²) in [6.45, 7) is 4.12. The smallest absolute Gasteiger partial charge is 0.336 e. The number of allylic oxidation sites excluding steroid dienone is 1. The van der Waals surface area contributed by atoms with Gasteiger partial charge in [0.05, 0.1) is 53.1 Å². The van der Waals surface area contributed by atoms with Crippen molar-refractivity contribution in [1.82, 2.24) is 35.5 Å². The lowest BCUT2D eigenvalue weighted by Gasteiger charge is -2.33. The summed E-state index contributed by atoms with van der Waals surface area (Å²) in [4.78, 5) is 35.9. The molecule has 42 heavy (non-hydrogen) atoms. The van der Waals surface area contributed by atoms with E-state index < -0.39 is 24.0 Å². The van der Waals surface area contributed by atoms with Gasteiger partial charge in [0.25, 0.3) is 0 Å². The van der Waals surface area contributed by atoms with Crippen LogP contribution in [-0.2, 0) is 30.3 Å². The van der Waals surface area contributed by atoms with Crippen LogP contribution in [0.2, 0.25) is 15.2 Å². The molecule has 2 N–H and O–H groups in total. The Labute approximate surface area is 256 Å². The molecule has 2 atom stereocenters. The SMILES string of the molecule is CCOC(=O)C1=C(C(OC)c2nnn(CCNc3cc(Cl)ncn3)n2)NC(C)=C(C(=O)OC)C1c1cccc(Cl)c1Cl. The summed E-state index contributed by atoms with van der Waals surface area (Å²) in [5.41, 5.74) is 1.24. The average Bonchev–Trinajstić information content (AvgIpc) is 3.42. The van der Waals surface area contributed by atoms with Crippen LogP contribution in [0.5, 0.6) is 0 Å². The monoisotopic (exact) mass is 636 g/mol. The molecule has 1 aliphatic rings. The molecule has 0 spiro atoms. The molecule has 0 saturated carbocycles. The minimum Gasteiger partial charge on any atom is -0.466 e. The number of methoxy groups -OCH3 is 2. The number of hydrogen-bond acceptors (Lipinski definition) is 12. The van der Waals surface area contributed by atoms with Crippen LogP contribution in [0, 0.1) is 0 Å². The number of hydrogen-bond donors (Lipinski definition) is 2. The van der Waals surface area contributed by atoms with Crippen LogP contribution in [0.1, 0.15) is 37.3 Å². The molecule has 2 unspecified atom stereocenters. The van der Waals surface area contributed by atoms with Crippen molar-refractivity contribution >= 4 is 52.6 Å². The molecule has 0 fully saturated rings. The van der Waals surface area contributed by atoms with Crippen LogP contribution in [-0.4, -0.2) is 69.5 Å². The molecule has 0 aliphatic carbocycles. The van der Waals surface area contributed by atoms with Gasteiger partial charge in [-0.25, -0.2) is 19.6 Å². The van der Waals surface area contributed by atoms with Gasteiger partial charge in [0.1, 0.15) is 17.3 Å². The third kappa shape index (κ3) is 6.65. The van der Waals surface area contributed by atoms with Crippen molar-refractivity contribution in [3.05, 3.63) is 79.7 Å². The Bertz CT molecular complexity index is 1540. The summed E-state index contributed by atoms with van der Waals surface area (Å²) in [7, 11) is 2.68. The number of tetrazole rings is 1. The Hall–Kier alpha value is -3.78. The number of rotatable bonds is 11. The molecule has 3 aromatic rings. The number of nitrogens with one attached hydrogen (secondary N) is 2. The highest BCUT2D eigenvalue weighted by molar-refractivity contribution is 6.42. The largest absolute Gasteiger partial charge is 0.466 e. The van der Waals surface area contributed by atoms with Gasteiger partial charge in [-0.1, -0.05) is 46.9 Å². The van der Waals surface area contributed by atoms with Crippen LogP contribution in [0.4, 0.5) is 5.82 Å². The van der Waals surface area contributed by atoms with E-state index in [1.807, 2.05) is 0 Å². The van der Waals surface area contributed by atoms with E-state index in [0.717, 1.165) is 0 Å². The lowest BCUT2D eigenvalue weighted by molar-refractivity contribution is -0.139. The fourth-order valence-electron chi connectivity index (χ4n) is 4.45. The number of anilines is 1. The number of dihydropyridines is 1. The molecule has 1 aromatic carbocycles. The van der Waals surface area contributed by atoms with Gasteiger partial charge in [-0.3, -0.25) is 0 Å². The first-order valence-electron chi connectivity index (χ1n) is 12.6. The zero-order chi connectivity index (χ0) is 30.4. The highest BCUT2D eigenvalue weighted by Crippen LogP contribution is 2.45. The topological polar surface area (TPSA) is 155 Å². The van der Waals surface area contributed by atoms with Gasteiger partial charge in [-0.05, 0) is 30.7 Å². The summed E-state index contributed by atoms with van der Waals surface area (Å²) >= 11 is 18.9. The summed E-state index contributed by atoms with van der Waals surface area (Å²) in [6, 6.07) is 6.53. The first kappa shape index (κ1) is 31.2. The first-order valence-corrected chi connectivity index (χ1v) is 13.8. The van der Waals surface area contributed by atoms with Crippen LogP contribution in [0.25, 0.3) is 0 Å². The van der Waals surface area contributed by atoms with Gasteiger partial charge in [0.2, 0.25) is 5.82 Å². The lowest BCUT2D eigenvalue weighted by Crippen LogP contribution is -2.36. The summed E-state index contributed by atoms with van der Waals surface area (Å²) in [6.07, 6.45) is 0.332. The summed E-state index contributed by atoms with van der Waals surface area (Å²) in [5, 5.41) is 19.7. The van der Waals surface area contributed by atoms with Gasteiger partial charge >= 0.3 is 11.9 Å². The van der Waals surface area contributed by atoms with Crippen molar-refractivity contribution in [2.45, 2.75) is 32.4 Å². The van der Waals surface area contributed by atoms with Gasteiger partial charge < -0.3 is 24.8 Å². The first-order chi connectivity index (χ1) is 20.2. The van der Waals surface area contributed by atoms with Crippen LogP contribution >= 0.6 is 34.8 Å². The van der Waals surface area contributed by atoms with Crippen LogP contribution < -0.4 is 10.6 Å². The van der Waals surface area contributed by atoms with Crippen molar-refractivity contribution in [1.29, 1.82) is 0 Å². The summed E-state index contributed by atoms with van der Waals surface area (Å²) in [5.74, 6) is -1.71. The minimum absolute atomic E-state index is 0.0533. The Kier molecular flexibility index (Phi) is 10.3. The van der Waals surface area contributed by atoms with E-state index in [1.54, 1.807) is 38.1 Å². The van der Waals surface area contributed by atoms with Crippen molar-refractivity contribution in [2.24, 2.45) is 0 Å². The van der Waals surface area contributed by atoms with E-state index in [0.29, 0.717) is 35.3 Å². The zero-order valence-electron chi connectivity index (χ0n) is 23.0. The predicted octanol–water partition coefficient (Wildman–Crippen LogP) is 3.87. The third-order valence-corrected chi connectivity index (χ3v) is 7.28. The number of halogens is 3. The number of aromatic nitrogens is 6. The number of benzene rings is 1. The van der Waals surface area contributed by atoms with Gasteiger partial charge in [0, 0.05) is 25.4 Å². The highest BCUT2D eigenvalue weighted by atomic mass is 35.5. The maximum absolute atomic E-state index is 13.6. The van der Waals surface area contributed by atoms with Crippen molar-refractivity contribution < 1.29 is 23.8 Å². The number of esters is 2. The maximum atomic E-state index is 13.6. The van der Waals surface area contributed by atoms with Crippen molar-refractivity contribution in [3.63, 3.8) is 0 Å².